The maximum atomic E-state index is 5.98. The molecule has 0 spiro atoms. The van der Waals surface area contributed by atoms with E-state index in [0.29, 0.717) is 12.0 Å². The van der Waals surface area contributed by atoms with Crippen molar-refractivity contribution in [2.75, 3.05) is 0 Å². The Labute approximate surface area is 91.3 Å². The van der Waals surface area contributed by atoms with Gasteiger partial charge in [-0.15, -0.1) is 0 Å². The minimum Gasteiger partial charge on any atom is -0.327 e. The molecule has 2 N–H and O–H groups in total. The summed E-state index contributed by atoms with van der Waals surface area (Å²) in [6, 6.07) is 2.60. The second-order valence-corrected chi connectivity index (χ2v) is 5.07. The van der Waals surface area contributed by atoms with Gasteiger partial charge in [-0.25, -0.2) is 0 Å². The Kier molecular flexibility index (Phi) is 5.20. The van der Waals surface area contributed by atoms with Gasteiger partial charge in [-0.1, -0.05) is 20.3 Å². The molecule has 80 valence electrons. The van der Waals surface area contributed by atoms with Crippen LogP contribution in [0.3, 0.4) is 0 Å². The van der Waals surface area contributed by atoms with Gasteiger partial charge < -0.3 is 5.73 Å². The predicted octanol–water partition coefficient (Wildman–Crippen LogP) is 3.44. The molecule has 1 heterocycles. The Balaban J connectivity index is 2.05. The van der Waals surface area contributed by atoms with Gasteiger partial charge in [0.2, 0.25) is 0 Å². The summed E-state index contributed by atoms with van der Waals surface area (Å²) in [6.07, 6.45) is 4.92. The Bertz CT molecular complexity index is 228. The largest absolute Gasteiger partial charge is 0.327 e. The normalized spacial score (nSPS) is 13.4. The minimum absolute atomic E-state index is 0.387. The van der Waals surface area contributed by atoms with Crippen LogP contribution in [0.25, 0.3) is 0 Å². The molecule has 0 saturated carbocycles. The van der Waals surface area contributed by atoms with Crippen molar-refractivity contribution in [3.8, 4) is 0 Å². The van der Waals surface area contributed by atoms with Crippen molar-refractivity contribution in [3.05, 3.63) is 22.4 Å². The van der Waals surface area contributed by atoms with Gasteiger partial charge in [-0.3, -0.25) is 0 Å². The second-order valence-electron chi connectivity index (χ2n) is 4.29. The molecule has 1 atom stereocenters. The fraction of sp³-hybridized carbons (Fsp3) is 0.667. The molecule has 1 nitrogen and oxygen atoms in total. The summed E-state index contributed by atoms with van der Waals surface area (Å²) in [5.74, 6) is 0.621. The van der Waals surface area contributed by atoms with Crippen molar-refractivity contribution in [2.45, 2.75) is 45.6 Å². The summed E-state index contributed by atoms with van der Waals surface area (Å²) in [7, 11) is 0. The van der Waals surface area contributed by atoms with Crippen molar-refractivity contribution in [3.63, 3.8) is 0 Å². The standard InChI is InChI=1S/C12H21NS/c1-10(2)12(13)6-4-3-5-11-7-8-14-9-11/h7-10,12H,3-6,13H2,1-2H3. The van der Waals surface area contributed by atoms with Crippen LogP contribution in [0.2, 0.25) is 0 Å². The molecule has 0 aromatic carbocycles. The van der Waals surface area contributed by atoms with Crippen molar-refractivity contribution in [2.24, 2.45) is 11.7 Å². The van der Waals surface area contributed by atoms with Crippen LogP contribution in [0.1, 0.15) is 38.7 Å². The first kappa shape index (κ1) is 11.7. The van der Waals surface area contributed by atoms with E-state index in [0.717, 1.165) is 0 Å². The third-order valence-corrected chi connectivity index (χ3v) is 3.42. The van der Waals surface area contributed by atoms with Crippen LogP contribution < -0.4 is 5.73 Å². The number of nitrogens with two attached hydrogens (primary N) is 1. The lowest BCUT2D eigenvalue weighted by Gasteiger charge is -2.14. The van der Waals surface area contributed by atoms with Crippen LogP contribution in [0.15, 0.2) is 16.8 Å². The van der Waals surface area contributed by atoms with Gasteiger partial charge in [-0.2, -0.15) is 11.3 Å². The molecule has 1 aromatic rings. The molecule has 1 rings (SSSR count). The quantitative estimate of drug-likeness (QED) is 0.717. The molecule has 2 heteroatoms. The number of hydrogen-bond donors (Lipinski definition) is 1. The van der Waals surface area contributed by atoms with Crippen molar-refractivity contribution in [1.29, 1.82) is 0 Å². The van der Waals surface area contributed by atoms with Gasteiger partial charge in [-0.05, 0) is 47.6 Å². The summed E-state index contributed by atoms with van der Waals surface area (Å²) in [5, 5.41) is 4.39. The zero-order valence-corrected chi connectivity index (χ0v) is 10.0. The minimum atomic E-state index is 0.387. The molecule has 14 heavy (non-hydrogen) atoms. The first-order chi connectivity index (χ1) is 6.70. The van der Waals surface area contributed by atoms with Gasteiger partial charge in [0.25, 0.3) is 0 Å². The van der Waals surface area contributed by atoms with E-state index < -0.39 is 0 Å². The maximum absolute atomic E-state index is 5.98. The lowest BCUT2D eigenvalue weighted by atomic mass is 9.98. The van der Waals surface area contributed by atoms with Crippen LogP contribution >= 0.6 is 11.3 Å². The lowest BCUT2D eigenvalue weighted by molar-refractivity contribution is 0.446. The molecule has 1 aromatic heterocycles. The van der Waals surface area contributed by atoms with Crippen molar-refractivity contribution >= 4 is 11.3 Å². The number of unbranched alkanes of at least 4 members (excludes halogenated alkanes) is 1. The van der Waals surface area contributed by atoms with Crippen LogP contribution in [-0.2, 0) is 6.42 Å². The summed E-state index contributed by atoms with van der Waals surface area (Å²) in [6.45, 7) is 4.40. The van der Waals surface area contributed by atoms with Crippen molar-refractivity contribution < 1.29 is 0 Å². The highest BCUT2D eigenvalue weighted by molar-refractivity contribution is 7.07. The number of thiophene rings is 1. The van der Waals surface area contributed by atoms with Crippen LogP contribution in [-0.4, -0.2) is 6.04 Å². The average Bonchev–Trinajstić information content (AvgIpc) is 2.64. The first-order valence-electron chi connectivity index (χ1n) is 5.47. The van der Waals surface area contributed by atoms with Crippen LogP contribution in [0.5, 0.6) is 0 Å². The Hall–Kier alpha value is -0.340. The van der Waals surface area contributed by atoms with Crippen LogP contribution in [0, 0.1) is 5.92 Å². The molecular weight excluding hydrogens is 190 g/mol. The molecule has 0 aliphatic carbocycles. The van der Waals surface area contributed by atoms with E-state index in [1.807, 2.05) is 0 Å². The van der Waals surface area contributed by atoms with Crippen molar-refractivity contribution in [1.82, 2.24) is 0 Å². The smallest absolute Gasteiger partial charge is 0.00618 e. The molecular formula is C12H21NS. The third kappa shape index (κ3) is 4.25. The summed E-state index contributed by atoms with van der Waals surface area (Å²) < 4.78 is 0. The highest BCUT2D eigenvalue weighted by Gasteiger charge is 2.06. The summed E-state index contributed by atoms with van der Waals surface area (Å²) in [5.41, 5.74) is 7.46. The van der Waals surface area contributed by atoms with Gasteiger partial charge in [0.15, 0.2) is 0 Å². The molecule has 0 bridgehead atoms. The fourth-order valence-electron chi connectivity index (χ4n) is 1.48. The molecule has 0 aliphatic rings. The topological polar surface area (TPSA) is 26.0 Å². The second kappa shape index (κ2) is 6.20. The zero-order valence-electron chi connectivity index (χ0n) is 9.20. The maximum Gasteiger partial charge on any atom is 0.00618 e. The molecule has 0 aliphatic heterocycles. The monoisotopic (exact) mass is 211 g/mol. The van der Waals surface area contributed by atoms with E-state index in [-0.39, 0.29) is 0 Å². The molecule has 1 unspecified atom stereocenters. The van der Waals surface area contributed by atoms with E-state index >= 15 is 0 Å². The van der Waals surface area contributed by atoms with Gasteiger partial charge in [0.1, 0.15) is 0 Å². The summed E-state index contributed by atoms with van der Waals surface area (Å²) >= 11 is 1.78. The molecule has 0 radical (unpaired) electrons. The van der Waals surface area contributed by atoms with E-state index in [2.05, 4.69) is 30.7 Å². The Morgan fingerprint density at radius 3 is 2.71 bits per heavy atom. The Morgan fingerprint density at radius 1 is 1.36 bits per heavy atom. The molecule has 0 fully saturated rings. The van der Waals surface area contributed by atoms with Crippen LogP contribution in [0.4, 0.5) is 0 Å². The third-order valence-electron chi connectivity index (χ3n) is 2.69. The summed E-state index contributed by atoms with van der Waals surface area (Å²) in [4.78, 5) is 0. The highest BCUT2D eigenvalue weighted by Crippen LogP contribution is 2.12. The highest BCUT2D eigenvalue weighted by atomic mass is 32.1. The number of aryl methyl sites for hydroxylation is 1. The van der Waals surface area contributed by atoms with E-state index in [9.17, 15) is 0 Å². The number of rotatable bonds is 6. The van der Waals surface area contributed by atoms with Gasteiger partial charge in [0.05, 0.1) is 0 Å². The SMILES string of the molecule is CC(C)C(N)CCCCc1ccsc1. The van der Waals surface area contributed by atoms with Gasteiger partial charge >= 0.3 is 0 Å². The zero-order chi connectivity index (χ0) is 10.4. The Morgan fingerprint density at radius 2 is 2.14 bits per heavy atom. The average molecular weight is 211 g/mol. The van der Waals surface area contributed by atoms with E-state index in [1.165, 1.54) is 31.2 Å². The van der Waals surface area contributed by atoms with E-state index in [1.54, 1.807) is 11.3 Å². The molecule has 0 saturated heterocycles. The first-order valence-corrected chi connectivity index (χ1v) is 6.41. The van der Waals surface area contributed by atoms with E-state index in [4.69, 9.17) is 5.73 Å². The van der Waals surface area contributed by atoms with Gasteiger partial charge in [0, 0.05) is 6.04 Å². The molecule has 0 amide bonds. The fourth-order valence-corrected chi connectivity index (χ4v) is 2.18. The number of hydrogen-bond acceptors (Lipinski definition) is 2. The lowest BCUT2D eigenvalue weighted by Crippen LogP contribution is -2.25. The predicted molar refractivity (Wildman–Crippen MR) is 64.7 cm³/mol.